The third kappa shape index (κ3) is 2.69. The molecular weight excluding hydrogens is 256 g/mol. The highest BCUT2D eigenvalue weighted by Gasteiger charge is 2.26. The lowest BCUT2D eigenvalue weighted by molar-refractivity contribution is -0.141. The Morgan fingerprint density at radius 2 is 1.75 bits per heavy atom. The van der Waals surface area contributed by atoms with Gasteiger partial charge in [-0.3, -0.25) is 4.79 Å². The van der Waals surface area contributed by atoms with E-state index < -0.39 is 5.97 Å². The van der Waals surface area contributed by atoms with Crippen LogP contribution in [0.4, 0.5) is 11.6 Å². The van der Waals surface area contributed by atoms with Crippen LogP contribution in [0.1, 0.15) is 25.7 Å². The van der Waals surface area contributed by atoms with Crippen molar-refractivity contribution in [3.63, 3.8) is 0 Å². The lowest BCUT2D eigenvalue weighted by atomic mass is 9.98. The first kappa shape index (κ1) is 13.1. The Bertz CT molecular complexity index is 488. The van der Waals surface area contributed by atoms with Crippen LogP contribution in [-0.2, 0) is 4.79 Å². The highest BCUT2D eigenvalue weighted by atomic mass is 16.4. The molecule has 1 unspecified atom stereocenters. The second kappa shape index (κ2) is 5.64. The molecule has 0 amide bonds. The van der Waals surface area contributed by atoms with Crippen LogP contribution in [0.25, 0.3) is 0 Å². The van der Waals surface area contributed by atoms with Crippen molar-refractivity contribution in [2.75, 3.05) is 36.0 Å². The van der Waals surface area contributed by atoms with Gasteiger partial charge >= 0.3 is 5.97 Å². The number of hydrogen-bond acceptors (Lipinski definition) is 5. The quantitative estimate of drug-likeness (QED) is 0.899. The van der Waals surface area contributed by atoms with Gasteiger partial charge in [0, 0.05) is 32.2 Å². The average molecular weight is 276 g/mol. The molecule has 0 aliphatic carbocycles. The molecule has 1 aromatic heterocycles. The van der Waals surface area contributed by atoms with Gasteiger partial charge in [-0.05, 0) is 25.7 Å². The van der Waals surface area contributed by atoms with Gasteiger partial charge in [0.15, 0.2) is 0 Å². The number of carbonyl (C=O) groups is 1. The highest BCUT2D eigenvalue weighted by molar-refractivity contribution is 5.71. The first-order chi connectivity index (χ1) is 9.74. The molecule has 108 valence electrons. The van der Waals surface area contributed by atoms with Crippen LogP contribution in [0.3, 0.4) is 0 Å². The number of rotatable bonds is 3. The van der Waals surface area contributed by atoms with E-state index in [0.29, 0.717) is 6.54 Å². The van der Waals surface area contributed by atoms with Crippen molar-refractivity contribution >= 4 is 17.6 Å². The van der Waals surface area contributed by atoms with Gasteiger partial charge < -0.3 is 14.9 Å². The van der Waals surface area contributed by atoms with E-state index in [4.69, 9.17) is 5.11 Å². The molecule has 1 atom stereocenters. The van der Waals surface area contributed by atoms with Gasteiger partial charge in [0.05, 0.1) is 5.92 Å². The first-order valence-corrected chi connectivity index (χ1v) is 7.29. The SMILES string of the molecule is O=C(O)C1CCCN(c2cc(N3CCCC3)ncn2)C1. The predicted octanol–water partition coefficient (Wildman–Crippen LogP) is 1.38. The summed E-state index contributed by atoms with van der Waals surface area (Å²) in [7, 11) is 0. The van der Waals surface area contributed by atoms with E-state index >= 15 is 0 Å². The van der Waals surface area contributed by atoms with Crippen LogP contribution in [0.2, 0.25) is 0 Å². The van der Waals surface area contributed by atoms with Crippen molar-refractivity contribution in [3.05, 3.63) is 12.4 Å². The van der Waals surface area contributed by atoms with E-state index in [1.165, 1.54) is 12.8 Å². The average Bonchev–Trinajstić information content (AvgIpc) is 3.02. The zero-order valence-corrected chi connectivity index (χ0v) is 11.5. The van der Waals surface area contributed by atoms with Gasteiger partial charge in [0.1, 0.15) is 18.0 Å². The third-order valence-corrected chi connectivity index (χ3v) is 4.16. The Morgan fingerprint density at radius 3 is 2.45 bits per heavy atom. The van der Waals surface area contributed by atoms with Gasteiger partial charge in [0.25, 0.3) is 0 Å². The maximum atomic E-state index is 11.1. The topological polar surface area (TPSA) is 69.6 Å². The minimum atomic E-state index is -0.705. The van der Waals surface area contributed by atoms with Gasteiger partial charge in [-0.2, -0.15) is 0 Å². The molecule has 0 aromatic carbocycles. The zero-order chi connectivity index (χ0) is 13.9. The molecule has 3 rings (SSSR count). The molecule has 0 saturated carbocycles. The van der Waals surface area contributed by atoms with E-state index in [1.54, 1.807) is 6.33 Å². The van der Waals surface area contributed by atoms with Gasteiger partial charge in [-0.25, -0.2) is 9.97 Å². The third-order valence-electron chi connectivity index (χ3n) is 4.16. The zero-order valence-electron chi connectivity index (χ0n) is 11.5. The number of aliphatic carboxylic acids is 1. The van der Waals surface area contributed by atoms with Gasteiger partial charge in [-0.1, -0.05) is 0 Å². The Balaban J connectivity index is 1.75. The monoisotopic (exact) mass is 276 g/mol. The maximum Gasteiger partial charge on any atom is 0.308 e. The number of anilines is 2. The molecule has 2 aliphatic heterocycles. The molecule has 20 heavy (non-hydrogen) atoms. The Labute approximate surface area is 118 Å². The van der Waals surface area contributed by atoms with E-state index in [-0.39, 0.29) is 5.92 Å². The standard InChI is InChI=1S/C14H20N4O2/c19-14(20)11-4-3-7-18(9-11)13-8-12(15-10-16-13)17-5-1-2-6-17/h8,10-11H,1-7,9H2,(H,19,20). The first-order valence-electron chi connectivity index (χ1n) is 7.29. The van der Waals surface area contributed by atoms with E-state index in [0.717, 1.165) is 44.1 Å². The molecule has 6 nitrogen and oxygen atoms in total. The van der Waals surface area contributed by atoms with Crippen molar-refractivity contribution in [1.29, 1.82) is 0 Å². The van der Waals surface area contributed by atoms with E-state index in [9.17, 15) is 4.79 Å². The smallest absolute Gasteiger partial charge is 0.308 e. The molecule has 1 N–H and O–H groups in total. The summed E-state index contributed by atoms with van der Waals surface area (Å²) in [6.07, 6.45) is 5.68. The lowest BCUT2D eigenvalue weighted by Gasteiger charge is -2.32. The van der Waals surface area contributed by atoms with E-state index in [1.807, 2.05) is 6.07 Å². The number of nitrogens with zero attached hydrogens (tertiary/aromatic N) is 4. The number of carboxylic acids is 1. The lowest BCUT2D eigenvalue weighted by Crippen LogP contribution is -2.39. The van der Waals surface area contributed by atoms with Crippen LogP contribution in [0.15, 0.2) is 12.4 Å². The van der Waals surface area contributed by atoms with Crippen molar-refractivity contribution in [3.8, 4) is 0 Å². The molecule has 2 aliphatic rings. The Morgan fingerprint density at radius 1 is 1.10 bits per heavy atom. The second-order valence-electron chi connectivity index (χ2n) is 5.55. The van der Waals surface area contributed by atoms with Crippen LogP contribution in [0, 0.1) is 5.92 Å². The molecule has 0 spiro atoms. The summed E-state index contributed by atoms with van der Waals surface area (Å²) in [6.45, 7) is 3.52. The largest absolute Gasteiger partial charge is 0.481 e. The predicted molar refractivity (Wildman–Crippen MR) is 76.1 cm³/mol. The van der Waals surface area contributed by atoms with E-state index in [2.05, 4.69) is 19.8 Å². The Kier molecular flexibility index (Phi) is 3.71. The number of hydrogen-bond donors (Lipinski definition) is 1. The Hall–Kier alpha value is -1.85. The van der Waals surface area contributed by atoms with Crippen molar-refractivity contribution in [2.45, 2.75) is 25.7 Å². The van der Waals surface area contributed by atoms with Gasteiger partial charge in [-0.15, -0.1) is 0 Å². The second-order valence-corrected chi connectivity index (χ2v) is 5.55. The molecule has 2 saturated heterocycles. The molecular formula is C14H20N4O2. The summed E-state index contributed by atoms with van der Waals surface area (Å²) in [5.74, 6) is 0.829. The maximum absolute atomic E-state index is 11.1. The molecule has 3 heterocycles. The fourth-order valence-corrected chi connectivity index (χ4v) is 3.02. The minimum Gasteiger partial charge on any atom is -0.481 e. The molecule has 0 radical (unpaired) electrons. The summed E-state index contributed by atoms with van der Waals surface area (Å²) in [6, 6.07) is 2.00. The van der Waals surface area contributed by atoms with Crippen LogP contribution in [0.5, 0.6) is 0 Å². The summed E-state index contributed by atoms with van der Waals surface area (Å²) in [5.41, 5.74) is 0. The summed E-state index contributed by atoms with van der Waals surface area (Å²) in [4.78, 5) is 24.1. The van der Waals surface area contributed by atoms with Crippen LogP contribution in [-0.4, -0.2) is 47.2 Å². The fraction of sp³-hybridized carbons (Fsp3) is 0.643. The number of piperidine rings is 1. The minimum absolute atomic E-state index is 0.283. The molecule has 2 fully saturated rings. The fourth-order valence-electron chi connectivity index (χ4n) is 3.02. The van der Waals surface area contributed by atoms with Crippen molar-refractivity contribution < 1.29 is 9.90 Å². The molecule has 6 heteroatoms. The molecule has 0 bridgehead atoms. The normalized spacial score (nSPS) is 23.1. The van der Waals surface area contributed by atoms with Crippen molar-refractivity contribution in [2.24, 2.45) is 5.92 Å². The summed E-state index contributed by atoms with van der Waals surface area (Å²) < 4.78 is 0. The molecule has 1 aromatic rings. The van der Waals surface area contributed by atoms with Gasteiger partial charge in [0.2, 0.25) is 0 Å². The number of carboxylic acid groups (broad SMARTS) is 1. The van der Waals surface area contributed by atoms with Crippen LogP contribution < -0.4 is 9.80 Å². The van der Waals surface area contributed by atoms with Crippen molar-refractivity contribution in [1.82, 2.24) is 9.97 Å². The summed E-state index contributed by atoms with van der Waals surface area (Å²) in [5, 5.41) is 9.16. The summed E-state index contributed by atoms with van der Waals surface area (Å²) >= 11 is 0. The number of aromatic nitrogens is 2. The highest BCUT2D eigenvalue weighted by Crippen LogP contribution is 2.25. The van der Waals surface area contributed by atoms with Crippen LogP contribution >= 0.6 is 0 Å².